The van der Waals surface area contributed by atoms with Crippen LogP contribution in [0.1, 0.15) is 39.8 Å². The molecule has 0 bridgehead atoms. The largest absolute Gasteiger partial charge is 0.373 e. The summed E-state index contributed by atoms with van der Waals surface area (Å²) in [5, 5.41) is 0. The van der Waals surface area contributed by atoms with Crippen molar-refractivity contribution in [2.24, 2.45) is 0 Å². The van der Waals surface area contributed by atoms with Crippen molar-refractivity contribution in [3.8, 4) is 0 Å². The molecule has 3 heterocycles. The number of ether oxygens (including phenoxy) is 1. The Balaban J connectivity index is 1.43. The van der Waals surface area contributed by atoms with Gasteiger partial charge in [-0.2, -0.15) is 0 Å². The van der Waals surface area contributed by atoms with Crippen LogP contribution in [0.15, 0.2) is 36.4 Å². The zero-order valence-electron chi connectivity index (χ0n) is 12.3. The minimum absolute atomic E-state index is 0.367. The van der Waals surface area contributed by atoms with Gasteiger partial charge in [0.2, 0.25) is 0 Å². The molecule has 21 heavy (non-hydrogen) atoms. The predicted molar refractivity (Wildman–Crippen MR) is 86.5 cm³/mol. The van der Waals surface area contributed by atoms with E-state index >= 15 is 0 Å². The van der Waals surface area contributed by atoms with Gasteiger partial charge in [0.1, 0.15) is 0 Å². The molecule has 0 spiro atoms. The summed E-state index contributed by atoms with van der Waals surface area (Å²) in [7, 11) is 0. The van der Waals surface area contributed by atoms with Crippen molar-refractivity contribution in [2.75, 3.05) is 13.2 Å². The maximum absolute atomic E-state index is 5.79. The topological polar surface area (TPSA) is 12.5 Å². The van der Waals surface area contributed by atoms with E-state index < -0.39 is 0 Å². The first kappa shape index (κ1) is 13.5. The standard InChI is InChI=1S/C18H21NOS/c1-2-5-15-12-19(10-9-14(15)4-1)13-16-7-8-18(21-16)17-6-3-11-20-17/h1-2,4-5,7-8,17H,3,6,9-13H2/t17-/m0/s1. The second-order valence-corrected chi connectivity index (χ2v) is 7.24. The molecule has 1 aromatic carbocycles. The van der Waals surface area contributed by atoms with Crippen LogP contribution >= 0.6 is 11.3 Å². The molecule has 2 aliphatic rings. The molecule has 0 amide bonds. The number of fused-ring (bicyclic) bond motifs is 1. The van der Waals surface area contributed by atoms with Gasteiger partial charge in [0.05, 0.1) is 6.10 Å². The summed E-state index contributed by atoms with van der Waals surface area (Å²) in [5.74, 6) is 0. The van der Waals surface area contributed by atoms with Gasteiger partial charge in [-0.25, -0.2) is 0 Å². The van der Waals surface area contributed by atoms with Crippen LogP contribution in [0.3, 0.4) is 0 Å². The van der Waals surface area contributed by atoms with Crippen LogP contribution in [0.2, 0.25) is 0 Å². The van der Waals surface area contributed by atoms with Gasteiger partial charge >= 0.3 is 0 Å². The molecule has 2 nitrogen and oxygen atoms in total. The molecule has 2 aromatic rings. The van der Waals surface area contributed by atoms with E-state index in [0.29, 0.717) is 6.10 Å². The van der Waals surface area contributed by atoms with E-state index in [-0.39, 0.29) is 0 Å². The molecule has 0 saturated carbocycles. The Morgan fingerprint density at radius 1 is 1.14 bits per heavy atom. The first-order valence-corrected chi connectivity index (χ1v) is 8.69. The lowest BCUT2D eigenvalue weighted by molar-refractivity contribution is 0.114. The molecule has 0 N–H and O–H groups in total. The first-order valence-electron chi connectivity index (χ1n) is 7.88. The van der Waals surface area contributed by atoms with E-state index in [1.807, 2.05) is 11.3 Å². The van der Waals surface area contributed by atoms with Gasteiger partial charge < -0.3 is 4.74 Å². The molecule has 0 unspecified atom stereocenters. The Labute approximate surface area is 130 Å². The quantitative estimate of drug-likeness (QED) is 0.844. The van der Waals surface area contributed by atoms with Crippen molar-refractivity contribution in [3.63, 3.8) is 0 Å². The van der Waals surface area contributed by atoms with Crippen molar-refractivity contribution < 1.29 is 4.74 Å². The van der Waals surface area contributed by atoms with Crippen molar-refractivity contribution in [1.82, 2.24) is 4.90 Å². The lowest BCUT2D eigenvalue weighted by Crippen LogP contribution is -2.29. The zero-order chi connectivity index (χ0) is 14.1. The molecule has 1 atom stereocenters. The molecular formula is C18H21NOS. The number of nitrogens with zero attached hydrogens (tertiary/aromatic N) is 1. The Kier molecular flexibility index (Phi) is 3.80. The van der Waals surface area contributed by atoms with Gasteiger partial charge in [-0.1, -0.05) is 24.3 Å². The van der Waals surface area contributed by atoms with Crippen LogP contribution in [0.4, 0.5) is 0 Å². The third-order valence-corrected chi connectivity index (χ3v) is 5.68. The summed E-state index contributed by atoms with van der Waals surface area (Å²) in [6.07, 6.45) is 3.95. The second-order valence-electron chi connectivity index (χ2n) is 6.04. The van der Waals surface area contributed by atoms with Gasteiger partial charge in [0.25, 0.3) is 0 Å². The van der Waals surface area contributed by atoms with Crippen molar-refractivity contribution in [1.29, 1.82) is 0 Å². The fourth-order valence-corrected chi connectivity index (χ4v) is 4.50. The Bertz CT molecular complexity index is 615. The number of rotatable bonds is 3. The van der Waals surface area contributed by atoms with Crippen LogP contribution in [0.25, 0.3) is 0 Å². The SMILES string of the molecule is c1ccc2c(c1)CCN(Cc1ccc([C@@H]3CCCO3)s1)C2. The maximum Gasteiger partial charge on any atom is 0.0917 e. The van der Waals surface area contributed by atoms with E-state index in [9.17, 15) is 0 Å². The first-order chi connectivity index (χ1) is 10.4. The molecular weight excluding hydrogens is 278 g/mol. The van der Waals surface area contributed by atoms with Crippen LogP contribution < -0.4 is 0 Å². The van der Waals surface area contributed by atoms with E-state index in [4.69, 9.17) is 4.74 Å². The monoisotopic (exact) mass is 299 g/mol. The number of hydrogen-bond donors (Lipinski definition) is 0. The highest BCUT2D eigenvalue weighted by Gasteiger charge is 2.21. The van der Waals surface area contributed by atoms with Gasteiger partial charge in [-0.15, -0.1) is 11.3 Å². The van der Waals surface area contributed by atoms with E-state index in [1.54, 1.807) is 0 Å². The van der Waals surface area contributed by atoms with Gasteiger partial charge in [-0.05, 0) is 42.5 Å². The lowest BCUT2D eigenvalue weighted by atomic mass is 10.00. The summed E-state index contributed by atoms with van der Waals surface area (Å²) >= 11 is 1.94. The second kappa shape index (κ2) is 5.91. The predicted octanol–water partition coefficient (Wildman–Crippen LogP) is 4.16. The van der Waals surface area contributed by atoms with Gasteiger partial charge in [0, 0.05) is 36.0 Å². The average Bonchev–Trinajstić information content (AvgIpc) is 3.18. The normalized spacial score (nSPS) is 22.4. The molecule has 0 radical (unpaired) electrons. The molecule has 2 aliphatic heterocycles. The number of hydrogen-bond acceptors (Lipinski definition) is 3. The third kappa shape index (κ3) is 2.91. The smallest absolute Gasteiger partial charge is 0.0917 e. The molecule has 1 aromatic heterocycles. The highest BCUT2D eigenvalue weighted by molar-refractivity contribution is 7.12. The van der Waals surface area contributed by atoms with E-state index in [1.165, 1.54) is 46.7 Å². The van der Waals surface area contributed by atoms with Crippen LogP contribution in [-0.4, -0.2) is 18.1 Å². The molecule has 0 aliphatic carbocycles. The Morgan fingerprint density at radius 2 is 2.05 bits per heavy atom. The lowest BCUT2D eigenvalue weighted by Gasteiger charge is -2.28. The highest BCUT2D eigenvalue weighted by atomic mass is 32.1. The van der Waals surface area contributed by atoms with Crippen molar-refractivity contribution in [3.05, 3.63) is 57.3 Å². The van der Waals surface area contributed by atoms with Gasteiger partial charge in [-0.3, -0.25) is 4.90 Å². The summed E-state index contributed by atoms with van der Waals surface area (Å²) < 4.78 is 5.79. The van der Waals surface area contributed by atoms with E-state index in [0.717, 1.165) is 19.7 Å². The Hall–Kier alpha value is -1.16. The summed E-state index contributed by atoms with van der Waals surface area (Å²) in [6, 6.07) is 13.4. The summed E-state index contributed by atoms with van der Waals surface area (Å²) in [4.78, 5) is 5.45. The molecule has 110 valence electrons. The van der Waals surface area contributed by atoms with Crippen LogP contribution in [0.5, 0.6) is 0 Å². The van der Waals surface area contributed by atoms with Crippen LogP contribution in [-0.2, 0) is 24.2 Å². The fourth-order valence-electron chi connectivity index (χ4n) is 3.36. The summed E-state index contributed by atoms with van der Waals surface area (Å²) in [6.45, 7) is 4.26. The molecule has 1 fully saturated rings. The van der Waals surface area contributed by atoms with Gasteiger partial charge in [0.15, 0.2) is 0 Å². The fraction of sp³-hybridized carbons (Fsp3) is 0.444. The molecule has 3 heteroatoms. The van der Waals surface area contributed by atoms with Crippen molar-refractivity contribution in [2.45, 2.75) is 38.5 Å². The number of benzene rings is 1. The maximum atomic E-state index is 5.79. The number of thiophene rings is 1. The van der Waals surface area contributed by atoms with Crippen molar-refractivity contribution >= 4 is 11.3 Å². The van der Waals surface area contributed by atoms with Crippen LogP contribution in [0, 0.1) is 0 Å². The molecule has 4 rings (SSSR count). The highest BCUT2D eigenvalue weighted by Crippen LogP contribution is 2.34. The van der Waals surface area contributed by atoms with E-state index in [2.05, 4.69) is 41.3 Å². The minimum atomic E-state index is 0.367. The summed E-state index contributed by atoms with van der Waals surface area (Å²) in [5.41, 5.74) is 3.03. The minimum Gasteiger partial charge on any atom is -0.373 e. The average molecular weight is 299 g/mol. The molecule has 1 saturated heterocycles. The zero-order valence-corrected chi connectivity index (χ0v) is 13.1. The third-order valence-electron chi connectivity index (χ3n) is 4.52. The Morgan fingerprint density at radius 3 is 2.90 bits per heavy atom.